The fourth-order valence-corrected chi connectivity index (χ4v) is 3.07. The van der Waals surface area contributed by atoms with E-state index < -0.39 is 23.3 Å². The van der Waals surface area contributed by atoms with Crippen LogP contribution in [0.5, 0.6) is 0 Å². The van der Waals surface area contributed by atoms with Gasteiger partial charge in [0.25, 0.3) is 0 Å². The summed E-state index contributed by atoms with van der Waals surface area (Å²) < 4.78 is 0. The minimum atomic E-state index is -1.01. The molecule has 0 amide bonds. The summed E-state index contributed by atoms with van der Waals surface area (Å²) >= 11 is 0. The van der Waals surface area contributed by atoms with Crippen molar-refractivity contribution in [2.75, 3.05) is 7.11 Å². The minimum Gasteiger partial charge on any atom is -0.504 e. The number of allylic oxidation sites excluding steroid dienone is 6. The predicted octanol–water partition coefficient (Wildman–Crippen LogP) is 5.01. The number of Topliss-reactive ketones (excluding diaryl/α,β-unsaturated/α-hetero) is 2. The molecule has 0 unspecified atom stereocenters. The maximum Gasteiger partial charge on any atom is 0.377 e. The van der Waals surface area contributed by atoms with Gasteiger partial charge in [-0.05, 0) is 52.9 Å². The first-order valence-corrected chi connectivity index (χ1v) is 10.0. The molecule has 0 aliphatic heterocycles. The highest BCUT2D eigenvalue weighted by molar-refractivity contribution is 6.33. The molecule has 0 bridgehead atoms. The van der Waals surface area contributed by atoms with Gasteiger partial charge in [0.15, 0.2) is 5.76 Å². The number of rotatable bonds is 11. The van der Waals surface area contributed by atoms with Crippen LogP contribution in [-0.4, -0.2) is 29.8 Å². The zero-order valence-electron chi connectivity index (χ0n) is 18.1. The van der Waals surface area contributed by atoms with Gasteiger partial charge in [-0.2, -0.15) is 4.89 Å². The first kappa shape index (κ1) is 24.6. The zero-order chi connectivity index (χ0) is 22.0. The maximum absolute atomic E-state index is 12.9. The number of hydrogen-bond acceptors (Lipinski definition) is 6. The number of aliphatic hydroxyl groups is 1. The summed E-state index contributed by atoms with van der Waals surface area (Å²) in [6.07, 6.45) is 8.27. The SMILES string of the molecule is CCCCCC1=C(C(=O)OOC)C(=O)C(C/C=C(\C)CCC=C(C)C)=C(O)C1=O. The van der Waals surface area contributed by atoms with Gasteiger partial charge >= 0.3 is 5.97 Å². The quantitative estimate of drug-likeness (QED) is 0.130. The van der Waals surface area contributed by atoms with E-state index in [1.807, 2.05) is 27.7 Å². The Hall–Kier alpha value is -2.47. The van der Waals surface area contributed by atoms with Crippen molar-refractivity contribution >= 4 is 17.5 Å². The van der Waals surface area contributed by atoms with E-state index in [2.05, 4.69) is 15.9 Å². The first-order chi connectivity index (χ1) is 13.7. The largest absolute Gasteiger partial charge is 0.504 e. The van der Waals surface area contributed by atoms with E-state index in [4.69, 9.17) is 0 Å². The molecule has 0 heterocycles. The van der Waals surface area contributed by atoms with Gasteiger partial charge in [0, 0.05) is 5.57 Å². The molecule has 0 radical (unpaired) electrons. The van der Waals surface area contributed by atoms with Gasteiger partial charge in [-0.15, -0.1) is 0 Å². The second-order valence-electron chi connectivity index (χ2n) is 7.41. The second-order valence-corrected chi connectivity index (χ2v) is 7.41. The molecule has 1 N–H and O–H groups in total. The van der Waals surface area contributed by atoms with Crippen LogP contribution in [0.2, 0.25) is 0 Å². The van der Waals surface area contributed by atoms with Crippen molar-refractivity contribution in [3.63, 3.8) is 0 Å². The maximum atomic E-state index is 12.9. The monoisotopic (exact) mass is 404 g/mol. The molecule has 160 valence electrons. The Labute approximate surface area is 172 Å². The van der Waals surface area contributed by atoms with Gasteiger partial charge < -0.3 is 5.11 Å². The molecule has 0 spiro atoms. The summed E-state index contributed by atoms with van der Waals surface area (Å²) in [6, 6.07) is 0. The second kappa shape index (κ2) is 12.2. The van der Waals surface area contributed by atoms with Crippen LogP contribution in [0.4, 0.5) is 0 Å². The van der Waals surface area contributed by atoms with Crippen LogP contribution in [0.1, 0.15) is 72.6 Å². The van der Waals surface area contributed by atoms with E-state index in [1.54, 1.807) is 6.08 Å². The first-order valence-electron chi connectivity index (χ1n) is 10.0. The molecular formula is C23H32O6. The molecule has 6 heteroatoms. The van der Waals surface area contributed by atoms with Crippen LogP contribution in [0.3, 0.4) is 0 Å². The van der Waals surface area contributed by atoms with Crippen molar-refractivity contribution in [3.05, 3.63) is 45.8 Å². The summed E-state index contributed by atoms with van der Waals surface area (Å²) in [4.78, 5) is 46.8. The van der Waals surface area contributed by atoms with E-state index in [0.29, 0.717) is 6.42 Å². The molecule has 0 fully saturated rings. The summed E-state index contributed by atoms with van der Waals surface area (Å²) in [5.41, 5.74) is 1.83. The van der Waals surface area contributed by atoms with Gasteiger partial charge in [0.05, 0.1) is 12.7 Å². The molecule has 0 aromatic rings. The van der Waals surface area contributed by atoms with Crippen molar-refractivity contribution in [1.29, 1.82) is 0 Å². The van der Waals surface area contributed by atoms with Crippen LogP contribution < -0.4 is 0 Å². The number of hydrogen-bond donors (Lipinski definition) is 1. The number of carbonyl (C=O) groups excluding carboxylic acids is 3. The third-order valence-corrected chi connectivity index (χ3v) is 4.72. The highest BCUT2D eigenvalue weighted by Crippen LogP contribution is 2.30. The highest BCUT2D eigenvalue weighted by Gasteiger charge is 2.38. The van der Waals surface area contributed by atoms with Crippen LogP contribution in [0.25, 0.3) is 0 Å². The Balaban J connectivity index is 3.12. The standard InChI is InChI=1S/C23H32O6/c1-6-7-8-12-17-19(23(27)29-28-5)20(24)18(22(26)21(17)25)14-13-16(4)11-9-10-15(2)3/h10,13,26H,6-9,11-12,14H2,1-5H3/b16-13+. The third kappa shape index (κ3) is 7.13. The van der Waals surface area contributed by atoms with E-state index in [0.717, 1.165) is 38.4 Å². The normalized spacial score (nSPS) is 15.1. The summed E-state index contributed by atoms with van der Waals surface area (Å²) in [6.45, 7) is 7.99. The average molecular weight is 405 g/mol. The molecule has 0 atom stereocenters. The molecule has 1 aliphatic rings. The number of aliphatic hydroxyl groups excluding tert-OH is 1. The molecule has 0 aromatic heterocycles. The third-order valence-electron chi connectivity index (χ3n) is 4.72. The topological polar surface area (TPSA) is 89.9 Å². The highest BCUT2D eigenvalue weighted by atomic mass is 17.2. The molecular weight excluding hydrogens is 372 g/mol. The summed E-state index contributed by atoms with van der Waals surface area (Å²) in [5.74, 6) is -2.95. The fourth-order valence-electron chi connectivity index (χ4n) is 3.07. The lowest BCUT2D eigenvalue weighted by Gasteiger charge is -2.19. The molecule has 1 rings (SSSR count). The van der Waals surface area contributed by atoms with Crippen molar-refractivity contribution < 1.29 is 29.3 Å². The molecule has 1 aliphatic carbocycles. The zero-order valence-corrected chi connectivity index (χ0v) is 18.1. The molecule has 29 heavy (non-hydrogen) atoms. The van der Waals surface area contributed by atoms with Crippen LogP contribution in [0, 0.1) is 0 Å². The van der Waals surface area contributed by atoms with E-state index >= 15 is 0 Å². The van der Waals surface area contributed by atoms with E-state index in [-0.39, 0.29) is 29.6 Å². The van der Waals surface area contributed by atoms with Gasteiger partial charge in [-0.1, -0.05) is 43.1 Å². The smallest absolute Gasteiger partial charge is 0.377 e. The van der Waals surface area contributed by atoms with Crippen LogP contribution in [-0.2, 0) is 24.2 Å². The molecule has 0 saturated heterocycles. The Morgan fingerprint density at radius 3 is 2.31 bits per heavy atom. The Bertz CT molecular complexity index is 760. The number of ketones is 2. The van der Waals surface area contributed by atoms with E-state index in [9.17, 15) is 19.5 Å². The Kier molecular flexibility index (Phi) is 10.3. The molecule has 0 aromatic carbocycles. The Morgan fingerprint density at radius 1 is 1.03 bits per heavy atom. The minimum absolute atomic E-state index is 0.00369. The van der Waals surface area contributed by atoms with Crippen molar-refractivity contribution in [2.45, 2.75) is 72.6 Å². The fraction of sp³-hybridized carbons (Fsp3) is 0.522. The van der Waals surface area contributed by atoms with Crippen molar-refractivity contribution in [3.8, 4) is 0 Å². The predicted molar refractivity (Wildman–Crippen MR) is 111 cm³/mol. The van der Waals surface area contributed by atoms with Gasteiger partial charge in [0.2, 0.25) is 11.6 Å². The van der Waals surface area contributed by atoms with Crippen molar-refractivity contribution in [2.24, 2.45) is 0 Å². The summed E-state index contributed by atoms with van der Waals surface area (Å²) in [7, 11) is 1.15. The summed E-state index contributed by atoms with van der Waals surface area (Å²) in [5, 5.41) is 10.4. The number of unbranched alkanes of at least 4 members (excludes halogenated alkanes) is 2. The van der Waals surface area contributed by atoms with Gasteiger partial charge in [0.1, 0.15) is 5.57 Å². The lowest BCUT2D eigenvalue weighted by molar-refractivity contribution is -0.250. The van der Waals surface area contributed by atoms with Crippen molar-refractivity contribution in [1.82, 2.24) is 0 Å². The lowest BCUT2D eigenvalue weighted by atomic mass is 9.84. The van der Waals surface area contributed by atoms with Gasteiger partial charge in [-0.25, -0.2) is 4.79 Å². The molecule has 6 nitrogen and oxygen atoms in total. The number of carbonyl (C=O) groups is 3. The van der Waals surface area contributed by atoms with Crippen LogP contribution in [0.15, 0.2) is 45.8 Å². The Morgan fingerprint density at radius 2 is 1.72 bits per heavy atom. The molecule has 0 saturated carbocycles. The van der Waals surface area contributed by atoms with Crippen LogP contribution >= 0.6 is 0 Å². The van der Waals surface area contributed by atoms with Gasteiger partial charge in [-0.3, -0.25) is 14.5 Å². The lowest BCUT2D eigenvalue weighted by Crippen LogP contribution is -2.29. The van der Waals surface area contributed by atoms with E-state index in [1.165, 1.54) is 5.57 Å². The average Bonchev–Trinajstić information content (AvgIpc) is 2.65.